The molecule has 0 radical (unpaired) electrons. The van der Waals surface area contributed by atoms with Crippen LogP contribution in [-0.2, 0) is 10.0 Å². The van der Waals surface area contributed by atoms with Crippen LogP contribution >= 0.6 is 34.8 Å². The average Bonchev–Trinajstić information content (AvgIpc) is 3.35. The van der Waals surface area contributed by atoms with Gasteiger partial charge in [0.15, 0.2) is 11.5 Å². The van der Waals surface area contributed by atoms with Crippen molar-refractivity contribution in [3.8, 4) is 11.5 Å². The summed E-state index contributed by atoms with van der Waals surface area (Å²) in [6.07, 6.45) is 1.37. The predicted octanol–water partition coefficient (Wildman–Crippen LogP) is 6.16. The van der Waals surface area contributed by atoms with Gasteiger partial charge < -0.3 is 15.0 Å². The lowest BCUT2D eigenvalue weighted by atomic mass is 10.1. The van der Waals surface area contributed by atoms with Crippen LogP contribution in [0.5, 0.6) is 11.5 Å². The van der Waals surface area contributed by atoms with Gasteiger partial charge in [0.05, 0.1) is 27.5 Å². The van der Waals surface area contributed by atoms with Crippen LogP contribution in [0.15, 0.2) is 78.0 Å². The second-order valence-corrected chi connectivity index (χ2v) is 10.6. The Morgan fingerprint density at radius 2 is 1.71 bits per heavy atom. The lowest BCUT2D eigenvalue weighted by Gasteiger charge is -2.14. The van der Waals surface area contributed by atoms with E-state index in [4.69, 9.17) is 39.5 Å². The standard InChI is InChI=1S/C24H15Cl3N6O4S/c25-13-5-10-18(16(11-13)23(34)30-22-20-21(29-12-28-20)31-24(27)32-22)33-38(35,36)15-8-6-14(7-9-15)37-19-4-2-1-3-17(19)26/h1-12,33H,(H2,28,29,30,31,32,34). The average molecular weight is 590 g/mol. The number of carbonyl (C=O) groups is 1. The minimum atomic E-state index is -4.10. The van der Waals surface area contributed by atoms with Crippen molar-refractivity contribution >= 4 is 73.4 Å². The lowest BCUT2D eigenvalue weighted by molar-refractivity contribution is 0.102. The van der Waals surface area contributed by atoms with E-state index in [0.29, 0.717) is 22.0 Å². The number of nitrogens with zero attached hydrogens (tertiary/aromatic N) is 3. The number of fused-ring (bicyclic) bond motifs is 1. The Labute approximate surface area is 231 Å². The topological polar surface area (TPSA) is 139 Å². The molecule has 3 N–H and O–H groups in total. The van der Waals surface area contributed by atoms with Gasteiger partial charge in [-0.25, -0.2) is 13.4 Å². The minimum absolute atomic E-state index is 0.00991. The normalized spacial score (nSPS) is 11.3. The summed E-state index contributed by atoms with van der Waals surface area (Å²) in [7, 11) is -4.10. The largest absolute Gasteiger partial charge is 0.456 e. The molecular formula is C24H15Cl3N6O4S. The van der Waals surface area contributed by atoms with Gasteiger partial charge in [-0.2, -0.15) is 9.97 Å². The molecular weight excluding hydrogens is 575 g/mol. The molecule has 14 heteroatoms. The number of sulfonamides is 1. The van der Waals surface area contributed by atoms with Crippen molar-refractivity contribution in [1.82, 2.24) is 19.9 Å². The summed E-state index contributed by atoms with van der Waals surface area (Å²) in [5.41, 5.74) is 0.520. The zero-order valence-corrected chi connectivity index (χ0v) is 22.0. The molecule has 3 aromatic carbocycles. The minimum Gasteiger partial charge on any atom is -0.456 e. The summed E-state index contributed by atoms with van der Waals surface area (Å²) in [4.78, 5) is 27.9. The number of anilines is 2. The molecule has 0 aliphatic rings. The van der Waals surface area contributed by atoms with Gasteiger partial charge in [0.25, 0.3) is 15.9 Å². The Kier molecular flexibility index (Phi) is 7.09. The van der Waals surface area contributed by atoms with E-state index in [1.165, 1.54) is 48.8 Å². The van der Waals surface area contributed by atoms with Crippen molar-refractivity contribution in [3.05, 3.63) is 93.9 Å². The molecule has 0 atom stereocenters. The third-order valence-corrected chi connectivity index (χ3v) is 7.26. The van der Waals surface area contributed by atoms with Crippen molar-refractivity contribution in [3.63, 3.8) is 0 Å². The maximum Gasteiger partial charge on any atom is 0.261 e. The molecule has 0 unspecified atom stereocenters. The molecule has 0 aliphatic carbocycles. The van der Waals surface area contributed by atoms with E-state index in [1.54, 1.807) is 24.3 Å². The highest BCUT2D eigenvalue weighted by Gasteiger charge is 2.21. The molecule has 1 amide bonds. The number of aromatic nitrogens is 4. The Balaban J connectivity index is 1.39. The number of benzene rings is 3. The van der Waals surface area contributed by atoms with Crippen molar-refractivity contribution < 1.29 is 17.9 Å². The second-order valence-electron chi connectivity index (χ2n) is 7.70. The van der Waals surface area contributed by atoms with Crippen LogP contribution in [0.2, 0.25) is 15.3 Å². The maximum atomic E-state index is 13.2. The number of para-hydroxylation sites is 1. The molecule has 0 saturated carbocycles. The molecule has 0 bridgehead atoms. The lowest BCUT2D eigenvalue weighted by Crippen LogP contribution is -2.19. The van der Waals surface area contributed by atoms with Crippen molar-refractivity contribution in [2.24, 2.45) is 0 Å². The molecule has 38 heavy (non-hydrogen) atoms. The van der Waals surface area contributed by atoms with Crippen molar-refractivity contribution in [2.45, 2.75) is 4.90 Å². The zero-order valence-electron chi connectivity index (χ0n) is 18.9. The van der Waals surface area contributed by atoms with Gasteiger partial charge in [0, 0.05) is 5.02 Å². The number of imidazole rings is 1. The number of halogens is 3. The van der Waals surface area contributed by atoms with Crippen LogP contribution in [0, 0.1) is 0 Å². The SMILES string of the molecule is O=C(Nc1nc(Cl)nc2nc[nH]c12)c1cc(Cl)ccc1NS(=O)(=O)c1ccc(Oc2ccccc2Cl)cc1. The zero-order chi connectivity index (χ0) is 26.9. The first-order chi connectivity index (χ1) is 18.2. The first kappa shape index (κ1) is 25.7. The Hall–Kier alpha value is -3.90. The number of hydrogen-bond donors (Lipinski definition) is 3. The number of aromatic amines is 1. The van der Waals surface area contributed by atoms with Gasteiger partial charge in [0.1, 0.15) is 17.0 Å². The molecule has 10 nitrogen and oxygen atoms in total. The van der Waals surface area contributed by atoms with E-state index < -0.39 is 15.9 Å². The third-order valence-electron chi connectivity index (χ3n) is 5.16. The van der Waals surface area contributed by atoms with E-state index in [1.807, 2.05) is 0 Å². The summed E-state index contributed by atoms with van der Waals surface area (Å²) < 4.78 is 34.4. The van der Waals surface area contributed by atoms with E-state index in [2.05, 4.69) is 30.0 Å². The van der Waals surface area contributed by atoms with Gasteiger partial charge in [-0.05, 0) is 66.2 Å². The highest BCUT2D eigenvalue weighted by atomic mass is 35.5. The highest BCUT2D eigenvalue weighted by molar-refractivity contribution is 7.92. The predicted molar refractivity (Wildman–Crippen MR) is 145 cm³/mol. The van der Waals surface area contributed by atoms with Gasteiger partial charge in [-0.15, -0.1) is 0 Å². The van der Waals surface area contributed by atoms with Crippen LogP contribution in [0.4, 0.5) is 11.5 Å². The van der Waals surface area contributed by atoms with Gasteiger partial charge in [-0.1, -0.05) is 35.3 Å². The molecule has 5 rings (SSSR count). The molecule has 2 heterocycles. The second kappa shape index (κ2) is 10.5. The summed E-state index contributed by atoms with van der Waals surface area (Å²) >= 11 is 18.1. The number of amides is 1. The fraction of sp³-hybridized carbons (Fsp3) is 0. The number of nitrogens with one attached hydrogen (secondary N) is 3. The van der Waals surface area contributed by atoms with Gasteiger partial charge in [-0.3, -0.25) is 9.52 Å². The Morgan fingerprint density at radius 3 is 2.47 bits per heavy atom. The molecule has 0 aliphatic heterocycles. The highest BCUT2D eigenvalue weighted by Crippen LogP contribution is 2.30. The Bertz CT molecular complexity index is 1780. The molecule has 0 spiro atoms. The fourth-order valence-electron chi connectivity index (χ4n) is 3.41. The van der Waals surface area contributed by atoms with E-state index in [9.17, 15) is 13.2 Å². The number of ether oxygens (including phenoxy) is 1. The van der Waals surface area contributed by atoms with Crippen LogP contribution in [0.25, 0.3) is 11.2 Å². The number of hydrogen-bond acceptors (Lipinski definition) is 7. The quantitative estimate of drug-likeness (QED) is 0.193. The molecule has 2 aromatic heterocycles. The van der Waals surface area contributed by atoms with E-state index >= 15 is 0 Å². The van der Waals surface area contributed by atoms with Gasteiger partial charge in [0.2, 0.25) is 5.28 Å². The van der Waals surface area contributed by atoms with Crippen LogP contribution in [0.1, 0.15) is 10.4 Å². The fourth-order valence-corrected chi connectivity index (χ4v) is 5.00. The van der Waals surface area contributed by atoms with Crippen LogP contribution < -0.4 is 14.8 Å². The summed E-state index contributed by atoms with van der Waals surface area (Å²) in [5.74, 6) is 0.180. The molecule has 0 saturated heterocycles. The first-order valence-electron chi connectivity index (χ1n) is 10.7. The number of rotatable bonds is 7. The van der Waals surface area contributed by atoms with Crippen LogP contribution in [-0.4, -0.2) is 34.3 Å². The van der Waals surface area contributed by atoms with Crippen molar-refractivity contribution in [1.29, 1.82) is 0 Å². The number of carbonyl (C=O) groups excluding carboxylic acids is 1. The van der Waals surface area contributed by atoms with Crippen molar-refractivity contribution in [2.75, 3.05) is 10.0 Å². The van der Waals surface area contributed by atoms with Crippen LogP contribution in [0.3, 0.4) is 0 Å². The van der Waals surface area contributed by atoms with E-state index in [-0.39, 0.29) is 37.9 Å². The molecule has 192 valence electrons. The summed E-state index contributed by atoms with van der Waals surface area (Å²) in [5, 5.41) is 3.09. The molecule has 0 fully saturated rings. The number of H-pyrrole nitrogens is 1. The van der Waals surface area contributed by atoms with E-state index in [0.717, 1.165) is 0 Å². The smallest absolute Gasteiger partial charge is 0.261 e. The Morgan fingerprint density at radius 1 is 0.947 bits per heavy atom. The summed E-state index contributed by atoms with van der Waals surface area (Å²) in [6.45, 7) is 0. The summed E-state index contributed by atoms with van der Waals surface area (Å²) in [6, 6.07) is 16.7. The molecule has 5 aromatic rings. The monoisotopic (exact) mass is 588 g/mol. The first-order valence-corrected chi connectivity index (χ1v) is 13.3. The third kappa shape index (κ3) is 5.50. The maximum absolute atomic E-state index is 13.2. The van der Waals surface area contributed by atoms with Gasteiger partial charge >= 0.3 is 0 Å².